The summed E-state index contributed by atoms with van der Waals surface area (Å²) in [7, 11) is 0. The fraction of sp³-hybridized carbons (Fsp3) is 0.765. The SMILES string of the molecule is CC(S)C(=O)O.CC(S)C(=O)O.O=C(O)CCS.O=C(O)CCS.OCC(CO)(CO)CO. The Hall–Kier alpha value is -0.880. The van der Waals surface area contributed by atoms with Crippen LogP contribution >= 0.6 is 50.5 Å². The molecule has 33 heavy (non-hydrogen) atoms. The van der Waals surface area contributed by atoms with Gasteiger partial charge in [0, 0.05) is 11.5 Å². The Kier molecular flexibility index (Phi) is 37.4. The van der Waals surface area contributed by atoms with Gasteiger partial charge in [0.25, 0.3) is 0 Å². The van der Waals surface area contributed by atoms with E-state index in [1.807, 2.05) is 0 Å². The highest BCUT2D eigenvalue weighted by Crippen LogP contribution is 2.11. The second kappa shape index (κ2) is 29.2. The molecule has 8 N–H and O–H groups in total. The van der Waals surface area contributed by atoms with Gasteiger partial charge >= 0.3 is 23.9 Å². The van der Waals surface area contributed by atoms with Crippen LogP contribution in [0.2, 0.25) is 0 Å². The Morgan fingerprint density at radius 1 is 0.636 bits per heavy atom. The zero-order valence-electron chi connectivity index (χ0n) is 18.3. The van der Waals surface area contributed by atoms with Gasteiger partial charge < -0.3 is 40.9 Å². The van der Waals surface area contributed by atoms with Gasteiger partial charge in [-0.1, -0.05) is 0 Å². The number of aliphatic hydroxyl groups excluding tert-OH is 4. The van der Waals surface area contributed by atoms with E-state index in [0.717, 1.165) is 0 Å². The average molecular weight is 561 g/mol. The van der Waals surface area contributed by atoms with Crippen molar-refractivity contribution in [1.82, 2.24) is 0 Å². The zero-order valence-corrected chi connectivity index (χ0v) is 21.9. The summed E-state index contributed by atoms with van der Waals surface area (Å²) in [6.45, 7) is 1.39. The van der Waals surface area contributed by atoms with Crippen molar-refractivity contribution in [1.29, 1.82) is 0 Å². The molecular formula is C17H36O12S4. The third-order valence-electron chi connectivity index (χ3n) is 2.71. The smallest absolute Gasteiger partial charge is 0.316 e. The molecule has 0 amide bonds. The van der Waals surface area contributed by atoms with Gasteiger partial charge in [0.05, 0.1) is 55.2 Å². The summed E-state index contributed by atoms with van der Waals surface area (Å²) in [5.41, 5.74) is -1.11. The second-order valence-electron chi connectivity index (χ2n) is 5.90. The molecule has 12 nitrogen and oxygen atoms in total. The van der Waals surface area contributed by atoms with Gasteiger partial charge in [-0.2, -0.15) is 50.5 Å². The lowest BCUT2D eigenvalue weighted by molar-refractivity contribution is -0.137. The normalized spacial score (nSPS) is 11.2. The van der Waals surface area contributed by atoms with Gasteiger partial charge in [0.15, 0.2) is 0 Å². The highest BCUT2D eigenvalue weighted by atomic mass is 32.1. The quantitative estimate of drug-likeness (QED) is 0.152. The molecule has 0 spiro atoms. The largest absolute Gasteiger partial charge is 0.481 e. The van der Waals surface area contributed by atoms with Crippen LogP contribution in [0.15, 0.2) is 0 Å². The van der Waals surface area contributed by atoms with Crippen molar-refractivity contribution in [3.63, 3.8) is 0 Å². The highest BCUT2D eigenvalue weighted by Gasteiger charge is 2.26. The molecule has 0 aliphatic heterocycles. The van der Waals surface area contributed by atoms with E-state index in [9.17, 15) is 19.2 Å². The van der Waals surface area contributed by atoms with E-state index < -0.39 is 66.2 Å². The monoisotopic (exact) mass is 560 g/mol. The van der Waals surface area contributed by atoms with E-state index in [2.05, 4.69) is 50.5 Å². The van der Waals surface area contributed by atoms with Crippen LogP contribution in [0.1, 0.15) is 26.7 Å². The summed E-state index contributed by atoms with van der Waals surface area (Å²) in [6, 6.07) is 0. The number of carboxylic acids is 4. The Labute approximate surface area is 214 Å². The number of aliphatic hydroxyl groups is 4. The first-order chi connectivity index (χ1) is 15.1. The average Bonchev–Trinajstić information content (AvgIpc) is 2.71. The number of thiol groups is 4. The van der Waals surface area contributed by atoms with Crippen LogP contribution < -0.4 is 0 Å². The van der Waals surface area contributed by atoms with Crippen molar-refractivity contribution in [3.8, 4) is 0 Å². The maximum Gasteiger partial charge on any atom is 0.316 e. The molecule has 16 heteroatoms. The molecule has 0 fully saturated rings. The van der Waals surface area contributed by atoms with Gasteiger partial charge in [0.2, 0.25) is 0 Å². The zero-order chi connectivity index (χ0) is 27.6. The van der Waals surface area contributed by atoms with Gasteiger partial charge in [-0.05, 0) is 13.8 Å². The minimum atomic E-state index is -1.11. The predicted molar refractivity (Wildman–Crippen MR) is 135 cm³/mol. The number of carbonyl (C=O) groups is 4. The lowest BCUT2D eigenvalue weighted by Crippen LogP contribution is -2.37. The van der Waals surface area contributed by atoms with Crippen molar-refractivity contribution >= 4 is 74.4 Å². The summed E-state index contributed by atoms with van der Waals surface area (Å²) in [5, 5.41) is 64.5. The summed E-state index contributed by atoms with van der Waals surface area (Å²) in [5.74, 6) is -2.48. The van der Waals surface area contributed by atoms with E-state index in [-0.39, 0.29) is 12.8 Å². The van der Waals surface area contributed by atoms with E-state index in [0.29, 0.717) is 11.5 Å². The standard InChI is InChI=1S/C5H12O4.4C3H6O2S/c6-1-5(2-7,3-8)4-9;2*1-2(6)3(4)5;2*4-3(5)1-2-6/h6-9H,1-4H2;2*2,6H,1H3,(H,4,5);2*6H,1-2H2,(H,4,5). The lowest BCUT2D eigenvalue weighted by Gasteiger charge is -2.23. The molecule has 0 rings (SSSR count). The molecule has 0 aromatic rings. The number of carboxylic acid groups (broad SMARTS) is 4. The summed E-state index contributed by atoms with van der Waals surface area (Å²) in [4.78, 5) is 38.3. The molecule has 2 unspecified atom stereocenters. The van der Waals surface area contributed by atoms with Gasteiger partial charge in [0.1, 0.15) is 0 Å². The summed E-state index contributed by atoms with van der Waals surface area (Å²) < 4.78 is 0. The molecule has 200 valence electrons. The van der Waals surface area contributed by atoms with Crippen LogP contribution in [0.5, 0.6) is 0 Å². The van der Waals surface area contributed by atoms with E-state index in [1.165, 1.54) is 13.8 Å². The Morgan fingerprint density at radius 2 is 0.818 bits per heavy atom. The number of hydrogen-bond acceptors (Lipinski definition) is 12. The fourth-order valence-electron chi connectivity index (χ4n) is 0.491. The van der Waals surface area contributed by atoms with Crippen LogP contribution in [0, 0.1) is 5.41 Å². The maximum absolute atomic E-state index is 9.62. The molecule has 0 heterocycles. The van der Waals surface area contributed by atoms with Crippen LogP contribution in [-0.4, -0.2) is 113 Å². The van der Waals surface area contributed by atoms with Crippen molar-refractivity contribution in [2.24, 2.45) is 5.41 Å². The number of hydrogen-bond donors (Lipinski definition) is 12. The predicted octanol–water partition coefficient (Wildman–Crippen LogP) is -0.498. The minimum absolute atomic E-state index is 0.156. The van der Waals surface area contributed by atoms with Crippen LogP contribution in [-0.2, 0) is 19.2 Å². The van der Waals surface area contributed by atoms with Gasteiger partial charge in [-0.25, -0.2) is 0 Å². The molecule has 0 bridgehead atoms. The van der Waals surface area contributed by atoms with E-state index in [1.54, 1.807) is 0 Å². The van der Waals surface area contributed by atoms with E-state index >= 15 is 0 Å². The number of aliphatic carboxylic acids is 4. The molecule has 0 aliphatic rings. The Morgan fingerprint density at radius 3 is 0.818 bits per heavy atom. The fourth-order valence-corrected chi connectivity index (χ4v) is 0.874. The first-order valence-electron chi connectivity index (χ1n) is 8.98. The first kappa shape index (κ1) is 42.3. The van der Waals surface area contributed by atoms with Crippen molar-refractivity contribution in [2.75, 3.05) is 37.9 Å². The van der Waals surface area contributed by atoms with Crippen LogP contribution in [0.25, 0.3) is 0 Å². The molecule has 0 aromatic carbocycles. The third-order valence-corrected chi connectivity index (χ3v) is 3.60. The topological polar surface area (TPSA) is 230 Å². The molecule has 0 aliphatic carbocycles. The summed E-state index contributed by atoms with van der Waals surface area (Å²) >= 11 is 14.5. The maximum atomic E-state index is 9.62. The van der Waals surface area contributed by atoms with Crippen molar-refractivity contribution in [3.05, 3.63) is 0 Å². The van der Waals surface area contributed by atoms with Gasteiger partial charge in [-0.3, -0.25) is 19.2 Å². The molecule has 0 aromatic heterocycles. The van der Waals surface area contributed by atoms with Gasteiger partial charge in [-0.15, -0.1) is 0 Å². The molecular weight excluding hydrogens is 524 g/mol. The Bertz CT molecular complexity index is 449. The first-order valence-corrected chi connectivity index (χ1v) is 11.3. The minimum Gasteiger partial charge on any atom is -0.481 e. The van der Waals surface area contributed by atoms with Crippen LogP contribution in [0.4, 0.5) is 0 Å². The molecule has 0 saturated heterocycles. The lowest BCUT2D eigenvalue weighted by atomic mass is 9.93. The van der Waals surface area contributed by atoms with Crippen LogP contribution in [0.3, 0.4) is 0 Å². The van der Waals surface area contributed by atoms with Crippen molar-refractivity contribution in [2.45, 2.75) is 37.2 Å². The highest BCUT2D eigenvalue weighted by molar-refractivity contribution is 7.82. The molecule has 2 atom stereocenters. The summed E-state index contributed by atoms with van der Waals surface area (Å²) in [6.07, 6.45) is 0.312. The Balaban J connectivity index is -0.000000100. The number of rotatable bonds is 10. The third kappa shape index (κ3) is 41.8. The van der Waals surface area contributed by atoms with E-state index in [4.69, 9.17) is 40.9 Å². The second-order valence-corrected chi connectivity index (χ2v) is 8.34. The molecule has 0 saturated carbocycles. The van der Waals surface area contributed by atoms with Crippen molar-refractivity contribution < 1.29 is 60.0 Å². The molecule has 0 radical (unpaired) electrons.